The van der Waals surface area contributed by atoms with E-state index in [9.17, 15) is 9.90 Å². The van der Waals surface area contributed by atoms with Gasteiger partial charge in [-0.1, -0.05) is 6.07 Å². The van der Waals surface area contributed by atoms with Gasteiger partial charge in [-0.15, -0.1) is 0 Å². The second-order valence-corrected chi connectivity index (χ2v) is 5.36. The monoisotopic (exact) mass is 273 g/mol. The van der Waals surface area contributed by atoms with E-state index in [-0.39, 0.29) is 12.0 Å². The number of fused-ring (bicyclic) bond motifs is 1. The number of aliphatic hydroxyl groups is 1. The van der Waals surface area contributed by atoms with Crippen LogP contribution in [0.5, 0.6) is 5.75 Å². The topological polar surface area (TPSA) is 49.8 Å². The lowest BCUT2D eigenvalue weighted by Gasteiger charge is -2.28. The molecule has 4 heteroatoms. The number of rotatable bonds is 2. The van der Waals surface area contributed by atoms with E-state index in [0.717, 1.165) is 24.3 Å². The average Bonchev–Trinajstić information content (AvgIpc) is 2.93. The second kappa shape index (κ2) is 5.67. The van der Waals surface area contributed by atoms with Gasteiger partial charge in [0.2, 0.25) is 5.91 Å². The summed E-state index contributed by atoms with van der Waals surface area (Å²) in [6, 6.07) is 6.00. The maximum atomic E-state index is 12.0. The highest BCUT2D eigenvalue weighted by Crippen LogP contribution is 2.26. The molecule has 0 unspecified atom stereocenters. The maximum Gasteiger partial charge on any atom is 0.246 e. The van der Waals surface area contributed by atoms with E-state index in [4.69, 9.17) is 4.74 Å². The fraction of sp³-hybridized carbons (Fsp3) is 0.438. The van der Waals surface area contributed by atoms with Gasteiger partial charge in [-0.3, -0.25) is 4.79 Å². The number of carbonyl (C=O) groups is 1. The standard InChI is InChI=1S/C16H19NO3/c18-14-5-8-17(9-6-14)16(19)4-2-12-1-3-15-13(11-12)7-10-20-15/h1-4,11,14,18H,5-10H2. The third kappa shape index (κ3) is 2.85. The normalized spacial score (nSPS) is 19.1. The molecular formula is C16H19NO3. The number of hydrogen-bond acceptors (Lipinski definition) is 3. The summed E-state index contributed by atoms with van der Waals surface area (Å²) in [4.78, 5) is 13.8. The third-order valence-corrected chi connectivity index (χ3v) is 3.91. The highest BCUT2D eigenvalue weighted by molar-refractivity contribution is 5.91. The zero-order valence-corrected chi connectivity index (χ0v) is 11.4. The lowest BCUT2D eigenvalue weighted by atomic mass is 10.1. The molecule has 0 aromatic heterocycles. The van der Waals surface area contributed by atoms with Gasteiger partial charge in [0, 0.05) is 25.6 Å². The first-order valence-corrected chi connectivity index (χ1v) is 7.13. The fourth-order valence-electron chi connectivity index (χ4n) is 2.67. The molecule has 1 aromatic carbocycles. The van der Waals surface area contributed by atoms with Gasteiger partial charge in [0.15, 0.2) is 0 Å². The van der Waals surface area contributed by atoms with Crippen LogP contribution < -0.4 is 4.74 Å². The van der Waals surface area contributed by atoms with Crippen molar-refractivity contribution in [2.45, 2.75) is 25.4 Å². The molecule has 0 bridgehead atoms. The number of amides is 1. The second-order valence-electron chi connectivity index (χ2n) is 5.36. The molecule has 0 spiro atoms. The molecule has 20 heavy (non-hydrogen) atoms. The lowest BCUT2D eigenvalue weighted by molar-refractivity contribution is -0.127. The van der Waals surface area contributed by atoms with Gasteiger partial charge in [-0.05, 0) is 42.2 Å². The number of ether oxygens (including phenoxy) is 1. The summed E-state index contributed by atoms with van der Waals surface area (Å²) in [6.45, 7) is 2.03. The van der Waals surface area contributed by atoms with E-state index < -0.39 is 0 Å². The van der Waals surface area contributed by atoms with Gasteiger partial charge in [0.05, 0.1) is 12.7 Å². The SMILES string of the molecule is O=C(C=Cc1ccc2c(c1)CCO2)N1CCC(O)CC1. The minimum Gasteiger partial charge on any atom is -0.493 e. The Morgan fingerprint density at radius 2 is 2.15 bits per heavy atom. The molecule has 0 radical (unpaired) electrons. The molecule has 4 nitrogen and oxygen atoms in total. The van der Waals surface area contributed by atoms with E-state index in [0.29, 0.717) is 25.9 Å². The first-order valence-electron chi connectivity index (χ1n) is 7.13. The summed E-state index contributed by atoms with van der Waals surface area (Å²) in [5.74, 6) is 0.979. The highest BCUT2D eigenvalue weighted by Gasteiger charge is 2.19. The van der Waals surface area contributed by atoms with Crippen molar-refractivity contribution in [3.63, 3.8) is 0 Å². The number of likely N-dealkylation sites (tertiary alicyclic amines) is 1. The Kier molecular flexibility index (Phi) is 3.74. The van der Waals surface area contributed by atoms with Crippen LogP contribution in [0.25, 0.3) is 6.08 Å². The van der Waals surface area contributed by atoms with Crippen LogP contribution in [-0.4, -0.2) is 41.7 Å². The predicted molar refractivity (Wildman–Crippen MR) is 76.5 cm³/mol. The summed E-state index contributed by atoms with van der Waals surface area (Å²) in [7, 11) is 0. The molecule has 3 rings (SSSR count). The number of carbonyl (C=O) groups excluding carboxylic acids is 1. The molecule has 106 valence electrons. The first-order chi connectivity index (χ1) is 9.72. The fourth-order valence-corrected chi connectivity index (χ4v) is 2.67. The Bertz CT molecular complexity index is 531. The molecule has 0 aliphatic carbocycles. The summed E-state index contributed by atoms with van der Waals surface area (Å²) in [5.41, 5.74) is 2.24. The molecule has 2 heterocycles. The van der Waals surface area contributed by atoms with Crippen LogP contribution in [0.1, 0.15) is 24.0 Å². The molecule has 2 aliphatic rings. The van der Waals surface area contributed by atoms with Crippen LogP contribution in [0.15, 0.2) is 24.3 Å². The van der Waals surface area contributed by atoms with Crippen molar-refractivity contribution in [3.05, 3.63) is 35.4 Å². The third-order valence-electron chi connectivity index (χ3n) is 3.91. The van der Waals surface area contributed by atoms with Gasteiger partial charge < -0.3 is 14.7 Å². The first kappa shape index (κ1) is 13.2. The summed E-state index contributed by atoms with van der Waals surface area (Å²) in [6.07, 6.45) is 5.52. The summed E-state index contributed by atoms with van der Waals surface area (Å²) in [5, 5.41) is 9.44. The zero-order valence-electron chi connectivity index (χ0n) is 11.4. The lowest BCUT2D eigenvalue weighted by Crippen LogP contribution is -2.39. The van der Waals surface area contributed by atoms with Crippen LogP contribution in [0.2, 0.25) is 0 Å². The summed E-state index contributed by atoms with van der Waals surface area (Å²) >= 11 is 0. The number of nitrogens with zero attached hydrogens (tertiary/aromatic N) is 1. The van der Waals surface area contributed by atoms with Crippen molar-refractivity contribution in [2.75, 3.05) is 19.7 Å². The van der Waals surface area contributed by atoms with Crippen LogP contribution in [0.4, 0.5) is 0 Å². The van der Waals surface area contributed by atoms with Crippen molar-refractivity contribution >= 4 is 12.0 Å². The molecular weight excluding hydrogens is 254 g/mol. The zero-order chi connectivity index (χ0) is 13.9. The van der Waals surface area contributed by atoms with Crippen molar-refractivity contribution in [3.8, 4) is 5.75 Å². The van der Waals surface area contributed by atoms with Gasteiger partial charge in [0.25, 0.3) is 0 Å². The maximum absolute atomic E-state index is 12.0. The molecule has 2 aliphatic heterocycles. The predicted octanol–water partition coefficient (Wildman–Crippen LogP) is 1.62. The molecule has 1 N–H and O–H groups in total. The van der Waals surface area contributed by atoms with Gasteiger partial charge in [0.1, 0.15) is 5.75 Å². The Balaban J connectivity index is 1.63. The Morgan fingerprint density at radius 3 is 2.95 bits per heavy atom. The molecule has 1 aromatic rings. The smallest absolute Gasteiger partial charge is 0.246 e. The molecule has 1 saturated heterocycles. The Labute approximate surface area is 118 Å². The average molecular weight is 273 g/mol. The number of benzene rings is 1. The minimum atomic E-state index is -0.250. The van der Waals surface area contributed by atoms with E-state index in [2.05, 4.69) is 6.07 Å². The molecule has 0 atom stereocenters. The van der Waals surface area contributed by atoms with Crippen molar-refractivity contribution in [1.29, 1.82) is 0 Å². The van der Waals surface area contributed by atoms with E-state index in [1.807, 2.05) is 18.2 Å². The van der Waals surface area contributed by atoms with Crippen LogP contribution in [-0.2, 0) is 11.2 Å². The number of piperidine rings is 1. The van der Waals surface area contributed by atoms with Crippen molar-refractivity contribution in [1.82, 2.24) is 4.90 Å². The van der Waals surface area contributed by atoms with Crippen LogP contribution in [0, 0.1) is 0 Å². The van der Waals surface area contributed by atoms with Gasteiger partial charge in [-0.2, -0.15) is 0 Å². The van der Waals surface area contributed by atoms with Crippen molar-refractivity contribution < 1.29 is 14.6 Å². The quantitative estimate of drug-likeness (QED) is 0.833. The van der Waals surface area contributed by atoms with Crippen LogP contribution >= 0.6 is 0 Å². The molecule has 1 amide bonds. The molecule has 0 saturated carbocycles. The number of hydrogen-bond donors (Lipinski definition) is 1. The summed E-state index contributed by atoms with van der Waals surface area (Å²) < 4.78 is 5.46. The van der Waals surface area contributed by atoms with E-state index in [1.165, 1.54) is 5.56 Å². The Morgan fingerprint density at radius 1 is 1.35 bits per heavy atom. The van der Waals surface area contributed by atoms with Gasteiger partial charge in [-0.25, -0.2) is 0 Å². The largest absolute Gasteiger partial charge is 0.493 e. The highest BCUT2D eigenvalue weighted by atomic mass is 16.5. The minimum absolute atomic E-state index is 0.0219. The number of aliphatic hydroxyl groups excluding tert-OH is 1. The van der Waals surface area contributed by atoms with E-state index >= 15 is 0 Å². The molecule has 1 fully saturated rings. The van der Waals surface area contributed by atoms with Gasteiger partial charge >= 0.3 is 0 Å². The van der Waals surface area contributed by atoms with Crippen LogP contribution in [0.3, 0.4) is 0 Å². The van der Waals surface area contributed by atoms with Crippen molar-refractivity contribution in [2.24, 2.45) is 0 Å². The van der Waals surface area contributed by atoms with E-state index in [1.54, 1.807) is 11.0 Å². The Hall–Kier alpha value is -1.81.